The molecular formula is C8H3I3O2S. The summed E-state index contributed by atoms with van der Waals surface area (Å²) in [5, 5.41) is 0. The highest BCUT2D eigenvalue weighted by Gasteiger charge is 2.50. The van der Waals surface area contributed by atoms with Crippen LogP contribution in [0.25, 0.3) is 0 Å². The fourth-order valence-corrected chi connectivity index (χ4v) is 6.26. The molecule has 6 heteroatoms. The molecule has 0 unspecified atom stereocenters. The topological polar surface area (TPSA) is 34.1 Å². The van der Waals surface area contributed by atoms with Gasteiger partial charge in [-0.15, -0.1) is 11.3 Å². The summed E-state index contributed by atoms with van der Waals surface area (Å²) in [6.07, 6.45) is 0. The van der Waals surface area contributed by atoms with E-state index in [-0.39, 0.29) is 11.6 Å². The van der Waals surface area contributed by atoms with Gasteiger partial charge >= 0.3 is 0 Å². The zero-order chi connectivity index (χ0) is 10.7. The van der Waals surface area contributed by atoms with Gasteiger partial charge in [-0.05, 0) is 52.1 Å². The fraction of sp³-hybridized carbons (Fsp3) is 0.250. The molecule has 1 heterocycles. The molecule has 0 atom stereocenters. The Morgan fingerprint density at radius 1 is 1.07 bits per heavy atom. The molecule has 0 aliphatic heterocycles. The molecule has 0 saturated heterocycles. The summed E-state index contributed by atoms with van der Waals surface area (Å²) in [7, 11) is 0. The van der Waals surface area contributed by atoms with Crippen molar-refractivity contribution >= 4 is 90.7 Å². The van der Waals surface area contributed by atoms with Crippen molar-refractivity contribution in [3.63, 3.8) is 0 Å². The molecule has 2 nitrogen and oxygen atoms in total. The van der Waals surface area contributed by atoms with Crippen LogP contribution in [-0.4, -0.2) is 15.0 Å². The van der Waals surface area contributed by atoms with Crippen LogP contribution in [0.1, 0.15) is 27.6 Å². The number of rotatable bonds is 0. The lowest BCUT2D eigenvalue weighted by atomic mass is 10.1. The van der Waals surface area contributed by atoms with Gasteiger partial charge in [0.1, 0.15) is 3.42 Å². The Labute approximate surface area is 126 Å². The van der Waals surface area contributed by atoms with Crippen LogP contribution >= 0.6 is 79.1 Å². The van der Waals surface area contributed by atoms with Crippen molar-refractivity contribution in [1.29, 1.82) is 0 Å². The number of Topliss-reactive ketones (excluding diaryl/α,β-unsaturated/α-hetero) is 2. The molecule has 0 amide bonds. The minimum atomic E-state index is -0.879. The second-order valence-corrected chi connectivity index (χ2v) is 9.86. The Balaban J connectivity index is 2.78. The Morgan fingerprint density at radius 2 is 1.43 bits per heavy atom. The van der Waals surface area contributed by atoms with E-state index < -0.39 is 3.42 Å². The second kappa shape index (κ2) is 3.62. The van der Waals surface area contributed by atoms with Crippen LogP contribution in [0.2, 0.25) is 0 Å². The predicted molar refractivity (Wildman–Crippen MR) is 80.8 cm³/mol. The molecule has 74 valence electrons. The molecule has 0 fully saturated rings. The number of hydrogen-bond donors (Lipinski definition) is 0. The summed E-state index contributed by atoms with van der Waals surface area (Å²) in [5.41, 5.74) is 1.28. The number of carbonyl (C=O) groups excluding carboxylic acids is 2. The molecule has 1 aromatic rings. The number of thiophene rings is 1. The van der Waals surface area contributed by atoms with Crippen molar-refractivity contribution in [2.45, 2.75) is 10.3 Å². The van der Waals surface area contributed by atoms with Gasteiger partial charge in [0.15, 0.2) is 11.6 Å². The Kier molecular flexibility index (Phi) is 3.03. The molecular weight excluding hydrogens is 541 g/mol. The molecule has 0 N–H and O–H groups in total. The average molecular weight is 544 g/mol. The lowest BCUT2D eigenvalue weighted by molar-refractivity contribution is 0.0888. The fourth-order valence-electron chi connectivity index (χ4n) is 1.36. The SMILES string of the molecule is CC1(I)C(=O)c2c(I)sc(I)c2C1=O. The van der Waals surface area contributed by atoms with E-state index >= 15 is 0 Å². The van der Waals surface area contributed by atoms with Crippen LogP contribution in [0.5, 0.6) is 0 Å². The monoisotopic (exact) mass is 544 g/mol. The van der Waals surface area contributed by atoms with Crippen molar-refractivity contribution in [3.8, 4) is 0 Å². The van der Waals surface area contributed by atoms with Gasteiger partial charge in [-0.1, -0.05) is 22.6 Å². The summed E-state index contributed by atoms with van der Waals surface area (Å²) in [6, 6.07) is 0. The zero-order valence-electron chi connectivity index (χ0n) is 6.86. The largest absolute Gasteiger partial charge is 0.292 e. The molecule has 14 heavy (non-hydrogen) atoms. The summed E-state index contributed by atoms with van der Waals surface area (Å²) in [4.78, 5) is 23.9. The van der Waals surface area contributed by atoms with Gasteiger partial charge in [-0.2, -0.15) is 0 Å². The molecule has 1 aromatic heterocycles. The number of carbonyl (C=O) groups is 2. The number of halogens is 3. The number of alkyl halides is 1. The van der Waals surface area contributed by atoms with Gasteiger partial charge in [-0.25, -0.2) is 0 Å². The van der Waals surface area contributed by atoms with Crippen molar-refractivity contribution in [2.24, 2.45) is 0 Å². The maximum Gasteiger partial charge on any atom is 0.188 e. The summed E-state index contributed by atoms with van der Waals surface area (Å²) in [5.74, 6) is -0.0802. The molecule has 0 saturated carbocycles. The van der Waals surface area contributed by atoms with E-state index in [4.69, 9.17) is 0 Å². The quantitative estimate of drug-likeness (QED) is 0.285. The van der Waals surface area contributed by atoms with Crippen LogP contribution in [0.4, 0.5) is 0 Å². The van der Waals surface area contributed by atoms with Crippen molar-refractivity contribution in [1.82, 2.24) is 0 Å². The lowest BCUT2D eigenvalue weighted by Gasteiger charge is -2.10. The van der Waals surface area contributed by atoms with Crippen LogP contribution < -0.4 is 0 Å². The number of hydrogen-bond acceptors (Lipinski definition) is 3. The minimum Gasteiger partial charge on any atom is -0.292 e. The van der Waals surface area contributed by atoms with Crippen LogP contribution in [0.15, 0.2) is 0 Å². The van der Waals surface area contributed by atoms with Gasteiger partial charge in [0.25, 0.3) is 0 Å². The van der Waals surface area contributed by atoms with E-state index in [2.05, 4.69) is 45.2 Å². The van der Waals surface area contributed by atoms with Gasteiger partial charge in [0.2, 0.25) is 0 Å². The third kappa shape index (κ3) is 1.43. The van der Waals surface area contributed by atoms with Gasteiger partial charge < -0.3 is 0 Å². The first-order valence-electron chi connectivity index (χ1n) is 3.63. The van der Waals surface area contributed by atoms with E-state index in [9.17, 15) is 9.59 Å². The predicted octanol–water partition coefficient (Wildman–Crippen LogP) is 3.53. The zero-order valence-corrected chi connectivity index (χ0v) is 14.1. The normalized spacial score (nSPS) is 18.9. The Morgan fingerprint density at radius 3 is 1.79 bits per heavy atom. The standard InChI is InChI=1S/C8H3I3O2S/c1-8(11)4(12)2-3(5(8)13)7(10)14-6(2)9/h1H3. The Bertz CT molecular complexity index is 423. The first-order valence-corrected chi connectivity index (χ1v) is 7.69. The van der Waals surface area contributed by atoms with Gasteiger partial charge in [-0.3, -0.25) is 9.59 Å². The summed E-state index contributed by atoms with van der Waals surface area (Å²) in [6.45, 7) is 1.69. The van der Waals surface area contributed by atoms with Crippen molar-refractivity contribution in [3.05, 3.63) is 16.9 Å². The molecule has 0 spiro atoms. The van der Waals surface area contributed by atoms with Crippen molar-refractivity contribution in [2.75, 3.05) is 0 Å². The van der Waals surface area contributed by atoms with Crippen LogP contribution in [-0.2, 0) is 0 Å². The maximum absolute atomic E-state index is 11.9. The minimum absolute atomic E-state index is 0.0401. The second-order valence-electron chi connectivity index (χ2n) is 3.06. The highest BCUT2D eigenvalue weighted by atomic mass is 127. The van der Waals surface area contributed by atoms with E-state index in [0.29, 0.717) is 11.1 Å². The van der Waals surface area contributed by atoms with Crippen molar-refractivity contribution < 1.29 is 9.59 Å². The maximum atomic E-state index is 11.9. The smallest absolute Gasteiger partial charge is 0.188 e. The first kappa shape index (κ1) is 11.7. The van der Waals surface area contributed by atoms with Crippen LogP contribution in [0, 0.1) is 5.77 Å². The molecule has 0 bridgehead atoms. The van der Waals surface area contributed by atoms with E-state index in [1.807, 2.05) is 22.6 Å². The van der Waals surface area contributed by atoms with E-state index in [1.165, 1.54) is 11.3 Å². The number of ketones is 2. The number of fused-ring (bicyclic) bond motifs is 1. The highest BCUT2D eigenvalue weighted by molar-refractivity contribution is 14.1. The third-order valence-electron chi connectivity index (χ3n) is 2.13. The average Bonchev–Trinajstić information content (AvgIpc) is 2.45. The van der Waals surface area contributed by atoms with Crippen LogP contribution in [0.3, 0.4) is 0 Å². The molecule has 0 aromatic carbocycles. The van der Waals surface area contributed by atoms with Gasteiger partial charge in [0, 0.05) is 0 Å². The molecule has 1 aliphatic rings. The lowest BCUT2D eigenvalue weighted by Crippen LogP contribution is -2.30. The molecule has 1 aliphatic carbocycles. The van der Waals surface area contributed by atoms with E-state index in [1.54, 1.807) is 6.92 Å². The van der Waals surface area contributed by atoms with Gasteiger partial charge in [0.05, 0.1) is 16.9 Å². The third-order valence-corrected chi connectivity index (χ3v) is 6.28. The Hall–Kier alpha value is 1.23. The molecule has 0 radical (unpaired) electrons. The molecule has 2 rings (SSSR count). The summed E-state index contributed by atoms with van der Waals surface area (Å²) < 4.78 is 0.984. The first-order chi connectivity index (χ1) is 6.37. The van der Waals surface area contributed by atoms with E-state index in [0.717, 1.165) is 5.77 Å². The highest BCUT2D eigenvalue weighted by Crippen LogP contribution is 2.44. The summed E-state index contributed by atoms with van der Waals surface area (Å²) >= 11 is 7.70.